The molecule has 0 unspecified atom stereocenters. The summed E-state index contributed by atoms with van der Waals surface area (Å²) < 4.78 is 6.07. The van der Waals surface area contributed by atoms with E-state index in [9.17, 15) is 4.79 Å². The van der Waals surface area contributed by atoms with Gasteiger partial charge < -0.3 is 20.3 Å². The summed E-state index contributed by atoms with van der Waals surface area (Å²) >= 11 is 0. The van der Waals surface area contributed by atoms with E-state index in [1.54, 1.807) is 32.2 Å². The van der Waals surface area contributed by atoms with E-state index in [1.807, 2.05) is 36.4 Å². The van der Waals surface area contributed by atoms with Gasteiger partial charge >= 0.3 is 0 Å². The van der Waals surface area contributed by atoms with Gasteiger partial charge in [0.25, 0.3) is 5.91 Å². The molecule has 7 nitrogen and oxygen atoms in total. The summed E-state index contributed by atoms with van der Waals surface area (Å²) in [7, 11) is 5.29. The lowest BCUT2D eigenvalue weighted by Crippen LogP contribution is -2.37. The summed E-state index contributed by atoms with van der Waals surface area (Å²) in [6.45, 7) is 1.35. The Hall–Kier alpha value is -2.36. The molecule has 1 fully saturated rings. The lowest BCUT2D eigenvalue weighted by molar-refractivity contribution is 0.0827. The Morgan fingerprint density at radius 2 is 1.91 bits per heavy atom. The van der Waals surface area contributed by atoms with Crippen molar-refractivity contribution in [3.05, 3.63) is 59.3 Å². The first-order valence-electron chi connectivity index (χ1n) is 11.4. The Bertz CT molecular complexity index is 913. The maximum Gasteiger partial charge on any atom is 0.253 e. The van der Waals surface area contributed by atoms with E-state index in [0.717, 1.165) is 36.3 Å². The van der Waals surface area contributed by atoms with Crippen molar-refractivity contribution in [1.29, 1.82) is 0 Å². The zero-order valence-electron chi connectivity index (χ0n) is 19.8. The van der Waals surface area contributed by atoms with Gasteiger partial charge in [0.2, 0.25) is 5.88 Å². The maximum absolute atomic E-state index is 12.1. The normalized spacial score (nSPS) is 14.2. The van der Waals surface area contributed by atoms with Gasteiger partial charge in [-0.15, -0.1) is 24.0 Å². The molecule has 1 amide bonds. The molecule has 0 aliphatic heterocycles. The largest absolute Gasteiger partial charge is 0.474 e. The molecule has 2 aromatic rings. The highest BCUT2D eigenvalue weighted by molar-refractivity contribution is 14.0. The minimum absolute atomic E-state index is 0. The quantitative estimate of drug-likeness (QED) is 0.287. The van der Waals surface area contributed by atoms with E-state index in [0.29, 0.717) is 30.6 Å². The van der Waals surface area contributed by atoms with E-state index in [-0.39, 0.29) is 29.9 Å². The molecule has 1 saturated carbocycles. The van der Waals surface area contributed by atoms with Crippen molar-refractivity contribution >= 4 is 35.8 Å². The Kier molecular flexibility index (Phi) is 11.4. The second-order valence-electron chi connectivity index (χ2n) is 8.38. The number of nitrogens with one attached hydrogen (secondary N) is 2. The molecule has 1 aromatic heterocycles. The zero-order chi connectivity index (χ0) is 22.8. The first-order valence-corrected chi connectivity index (χ1v) is 11.4. The topological polar surface area (TPSA) is 78.9 Å². The van der Waals surface area contributed by atoms with Crippen LogP contribution in [0.25, 0.3) is 0 Å². The molecule has 1 aliphatic rings. The van der Waals surface area contributed by atoms with Crippen LogP contribution in [0.15, 0.2) is 47.6 Å². The lowest BCUT2D eigenvalue weighted by Gasteiger charge is -2.22. The summed E-state index contributed by atoms with van der Waals surface area (Å²) in [6.07, 6.45) is 8.91. The van der Waals surface area contributed by atoms with Crippen LogP contribution in [0.1, 0.15) is 53.6 Å². The molecule has 0 spiro atoms. The molecule has 0 saturated heterocycles. The van der Waals surface area contributed by atoms with Gasteiger partial charge in [0.15, 0.2) is 5.96 Å². The van der Waals surface area contributed by atoms with Crippen LogP contribution in [0.4, 0.5) is 0 Å². The second-order valence-corrected chi connectivity index (χ2v) is 8.38. The van der Waals surface area contributed by atoms with Gasteiger partial charge in [-0.3, -0.25) is 9.79 Å². The smallest absolute Gasteiger partial charge is 0.253 e. The van der Waals surface area contributed by atoms with Crippen molar-refractivity contribution in [1.82, 2.24) is 20.5 Å². The van der Waals surface area contributed by atoms with Gasteiger partial charge in [-0.1, -0.05) is 18.6 Å². The van der Waals surface area contributed by atoms with Crippen LogP contribution < -0.4 is 15.4 Å². The number of ether oxygens (including phenoxy) is 1. The molecule has 0 atom stereocenters. The minimum atomic E-state index is 0. The predicted molar refractivity (Wildman–Crippen MR) is 144 cm³/mol. The number of benzene rings is 1. The number of carbonyl (C=O) groups excluding carboxylic acids is 1. The number of hydrogen-bond donors (Lipinski definition) is 2. The molecular weight excluding hydrogens is 529 g/mol. The van der Waals surface area contributed by atoms with Gasteiger partial charge in [0.05, 0.1) is 0 Å². The number of amides is 1. The first-order chi connectivity index (χ1) is 15.5. The predicted octanol–water partition coefficient (Wildman–Crippen LogP) is 4.02. The second kappa shape index (κ2) is 14.0. The average Bonchev–Trinajstić information content (AvgIpc) is 2.82. The fourth-order valence-corrected chi connectivity index (χ4v) is 3.83. The number of carbonyl (C=O) groups is 1. The standard InChI is InChI=1S/C25H35N5O2.HI/c1-26-25(28-15-12-19-8-7-9-21(16-19)24(31)30(2)3)29-18-20-13-14-27-23(17-20)32-22-10-5-4-6-11-22;/h7-9,13-14,16-17,22H,4-6,10-12,15,18H2,1-3H3,(H2,26,28,29);1H. The fourth-order valence-electron chi connectivity index (χ4n) is 3.83. The fraction of sp³-hybridized carbons (Fsp3) is 0.480. The van der Waals surface area contributed by atoms with Crippen LogP contribution in [-0.4, -0.2) is 55.5 Å². The van der Waals surface area contributed by atoms with Crippen molar-refractivity contribution in [3.63, 3.8) is 0 Å². The minimum Gasteiger partial charge on any atom is -0.474 e. The lowest BCUT2D eigenvalue weighted by atomic mass is 9.98. The Morgan fingerprint density at radius 3 is 2.64 bits per heavy atom. The van der Waals surface area contributed by atoms with E-state index >= 15 is 0 Å². The van der Waals surface area contributed by atoms with Crippen molar-refractivity contribution in [2.75, 3.05) is 27.7 Å². The highest BCUT2D eigenvalue weighted by atomic mass is 127. The summed E-state index contributed by atoms with van der Waals surface area (Å²) in [5.41, 5.74) is 2.92. The molecule has 8 heteroatoms. The van der Waals surface area contributed by atoms with E-state index < -0.39 is 0 Å². The van der Waals surface area contributed by atoms with Crippen LogP contribution >= 0.6 is 24.0 Å². The number of aromatic nitrogens is 1. The van der Waals surface area contributed by atoms with Gasteiger partial charge in [-0.25, -0.2) is 4.98 Å². The highest BCUT2D eigenvalue weighted by Gasteiger charge is 2.15. The van der Waals surface area contributed by atoms with Gasteiger partial charge in [-0.05, 0) is 61.4 Å². The van der Waals surface area contributed by atoms with E-state index in [4.69, 9.17) is 4.74 Å². The number of hydrogen-bond acceptors (Lipinski definition) is 4. The van der Waals surface area contributed by atoms with Crippen molar-refractivity contribution < 1.29 is 9.53 Å². The first kappa shape index (κ1) is 26.9. The van der Waals surface area contributed by atoms with Crippen LogP contribution in [0.5, 0.6) is 5.88 Å². The molecule has 33 heavy (non-hydrogen) atoms. The summed E-state index contributed by atoms with van der Waals surface area (Å²) in [5.74, 6) is 1.45. The van der Waals surface area contributed by atoms with Crippen LogP contribution in [0.3, 0.4) is 0 Å². The van der Waals surface area contributed by atoms with Crippen molar-refractivity contribution in [2.24, 2.45) is 4.99 Å². The molecular formula is C25H36IN5O2. The van der Waals surface area contributed by atoms with Crippen molar-refractivity contribution in [3.8, 4) is 5.88 Å². The average molecular weight is 566 g/mol. The monoisotopic (exact) mass is 565 g/mol. The number of nitrogens with zero attached hydrogens (tertiary/aromatic N) is 3. The third-order valence-electron chi connectivity index (χ3n) is 5.61. The van der Waals surface area contributed by atoms with Crippen molar-refractivity contribution in [2.45, 2.75) is 51.2 Å². The Labute approximate surface area is 214 Å². The van der Waals surface area contributed by atoms with Gasteiger partial charge in [0.1, 0.15) is 6.10 Å². The van der Waals surface area contributed by atoms with E-state index in [2.05, 4.69) is 20.6 Å². The Morgan fingerprint density at radius 1 is 1.12 bits per heavy atom. The highest BCUT2D eigenvalue weighted by Crippen LogP contribution is 2.22. The summed E-state index contributed by atoms with van der Waals surface area (Å²) in [5, 5.41) is 6.68. The van der Waals surface area contributed by atoms with Crippen LogP contribution in [-0.2, 0) is 13.0 Å². The van der Waals surface area contributed by atoms with Crippen LogP contribution in [0, 0.1) is 0 Å². The molecule has 180 valence electrons. The number of guanidine groups is 1. The van der Waals surface area contributed by atoms with E-state index in [1.165, 1.54) is 19.3 Å². The summed E-state index contributed by atoms with van der Waals surface area (Å²) in [4.78, 5) is 22.4. The van der Waals surface area contributed by atoms with Gasteiger partial charge in [-0.2, -0.15) is 0 Å². The molecule has 0 bridgehead atoms. The summed E-state index contributed by atoms with van der Waals surface area (Å²) in [6, 6.07) is 11.7. The van der Waals surface area contributed by atoms with Gasteiger partial charge in [0, 0.05) is 52.1 Å². The Balaban J connectivity index is 0.00000385. The molecule has 1 aliphatic carbocycles. The number of rotatable bonds is 8. The molecule has 3 rings (SSSR count). The third-order valence-corrected chi connectivity index (χ3v) is 5.61. The number of aliphatic imine (C=N–C) groups is 1. The molecule has 1 aromatic carbocycles. The molecule has 0 radical (unpaired) electrons. The molecule has 1 heterocycles. The third kappa shape index (κ3) is 8.83. The number of pyridine rings is 1. The molecule has 2 N–H and O–H groups in total. The SMILES string of the molecule is CN=C(NCCc1cccc(C(=O)N(C)C)c1)NCc1ccnc(OC2CCCCC2)c1.I. The maximum atomic E-state index is 12.1. The number of halogens is 1. The van der Waals surface area contributed by atoms with Crippen LogP contribution in [0.2, 0.25) is 0 Å². The zero-order valence-corrected chi connectivity index (χ0v) is 22.2.